The predicted molar refractivity (Wildman–Crippen MR) is 101 cm³/mol. The van der Waals surface area contributed by atoms with E-state index in [1.165, 1.54) is 19.2 Å². The Hall–Kier alpha value is -2.41. The quantitative estimate of drug-likeness (QED) is 0.245. The van der Waals surface area contributed by atoms with Gasteiger partial charge in [0.05, 0.1) is 6.04 Å². The zero-order valence-corrected chi connectivity index (χ0v) is 16.3. The van der Waals surface area contributed by atoms with Crippen LogP contribution in [-0.2, 0) is 14.4 Å². The van der Waals surface area contributed by atoms with E-state index in [1.807, 2.05) is 13.0 Å². The Kier molecular flexibility index (Phi) is 7.97. The van der Waals surface area contributed by atoms with Gasteiger partial charge in [0.2, 0.25) is 0 Å². The van der Waals surface area contributed by atoms with Crippen molar-refractivity contribution in [1.29, 1.82) is 0 Å². The molecule has 3 N–H and O–H groups in total. The van der Waals surface area contributed by atoms with Gasteiger partial charge in [-0.2, -0.15) is 0 Å². The lowest BCUT2D eigenvalue weighted by atomic mass is 9.80. The number of aliphatic hydroxyl groups is 2. The average Bonchev–Trinajstić information content (AvgIpc) is 2.83. The molecule has 1 rings (SSSR count). The first kappa shape index (κ1) is 22.6. The van der Waals surface area contributed by atoms with E-state index >= 15 is 0 Å². The fourth-order valence-corrected chi connectivity index (χ4v) is 2.93. The lowest BCUT2D eigenvalue weighted by Crippen LogP contribution is -2.50. The molecule has 1 aliphatic heterocycles. The number of hydrogen-bond acceptors (Lipinski definition) is 5. The highest BCUT2D eigenvalue weighted by Crippen LogP contribution is 2.32. The highest BCUT2D eigenvalue weighted by Gasteiger charge is 2.50. The normalized spacial score (nSPS) is 23.3. The van der Waals surface area contributed by atoms with Crippen molar-refractivity contribution < 1.29 is 29.7 Å². The standard InChI is InChI=1S/C20H29NO6/c1-5-7-8-9-10-11-15(22)16-17(23)14(21(4)18(16)24)12-20(27,19(25)26)13(3)6-2/h8-11,13-14,22,27H,5-7,12H2,1-4H3,(H,25,26)/b9-8+,11-10+,16-15+/t13-,14+,20+/m0/s1. The molecule has 0 aromatic heterocycles. The first-order chi connectivity index (χ1) is 12.6. The predicted octanol–water partition coefficient (Wildman–Crippen LogP) is 2.37. The fourth-order valence-electron chi connectivity index (χ4n) is 2.93. The highest BCUT2D eigenvalue weighted by molar-refractivity contribution is 6.27. The number of ketones is 1. The van der Waals surface area contributed by atoms with Crippen molar-refractivity contribution in [2.75, 3.05) is 7.05 Å². The molecule has 27 heavy (non-hydrogen) atoms. The maximum atomic E-state index is 12.7. The van der Waals surface area contributed by atoms with Crippen LogP contribution in [0.15, 0.2) is 35.6 Å². The van der Waals surface area contributed by atoms with Gasteiger partial charge < -0.3 is 20.2 Å². The molecule has 0 aromatic rings. The van der Waals surface area contributed by atoms with Crippen molar-refractivity contribution in [3.63, 3.8) is 0 Å². The van der Waals surface area contributed by atoms with Gasteiger partial charge in [-0.05, 0) is 18.4 Å². The minimum atomic E-state index is -2.15. The molecule has 0 bridgehead atoms. The van der Waals surface area contributed by atoms with E-state index in [4.69, 9.17) is 0 Å². The third-order valence-electron chi connectivity index (χ3n) is 5.07. The topological polar surface area (TPSA) is 115 Å². The maximum absolute atomic E-state index is 12.7. The molecule has 1 saturated heterocycles. The molecule has 0 spiro atoms. The van der Waals surface area contributed by atoms with Crippen molar-refractivity contribution in [2.24, 2.45) is 5.92 Å². The smallest absolute Gasteiger partial charge is 0.336 e. The summed E-state index contributed by atoms with van der Waals surface area (Å²) in [4.78, 5) is 37.8. The van der Waals surface area contributed by atoms with Crippen LogP contribution in [0, 0.1) is 5.92 Å². The molecule has 7 nitrogen and oxygen atoms in total. The molecule has 0 aliphatic carbocycles. The number of allylic oxidation sites excluding steroid dienone is 4. The Morgan fingerprint density at radius 3 is 2.41 bits per heavy atom. The number of unbranched alkanes of at least 4 members (excludes halogenated alkanes) is 1. The molecular weight excluding hydrogens is 350 g/mol. The van der Waals surface area contributed by atoms with Gasteiger partial charge in [-0.25, -0.2) is 4.79 Å². The molecule has 0 saturated carbocycles. The lowest BCUT2D eigenvalue weighted by Gasteiger charge is -2.32. The number of aliphatic carboxylic acids is 1. The molecule has 0 aromatic carbocycles. The van der Waals surface area contributed by atoms with Gasteiger partial charge in [0.25, 0.3) is 5.91 Å². The van der Waals surface area contributed by atoms with Crippen molar-refractivity contribution >= 4 is 17.7 Å². The first-order valence-corrected chi connectivity index (χ1v) is 9.15. The van der Waals surface area contributed by atoms with Crippen LogP contribution in [0.2, 0.25) is 0 Å². The SMILES string of the molecule is CCC/C=C/C=C/C(O)=C1/C(=O)[C@@H](C[C@](O)(C(=O)O)[C@@H](C)CC)N(C)C1=O. The maximum Gasteiger partial charge on any atom is 0.336 e. The van der Waals surface area contributed by atoms with Crippen molar-refractivity contribution in [2.45, 2.75) is 58.1 Å². The van der Waals surface area contributed by atoms with Gasteiger partial charge in [0.15, 0.2) is 11.4 Å². The Bertz CT molecular complexity index is 678. The van der Waals surface area contributed by atoms with Crippen LogP contribution in [-0.4, -0.2) is 56.6 Å². The van der Waals surface area contributed by atoms with E-state index in [2.05, 4.69) is 0 Å². The summed E-state index contributed by atoms with van der Waals surface area (Å²) in [6, 6.07) is -1.14. The van der Waals surface area contributed by atoms with E-state index < -0.39 is 47.4 Å². The number of rotatable bonds is 9. The summed E-state index contributed by atoms with van der Waals surface area (Å²) in [6.07, 6.45) is 8.18. The fraction of sp³-hybridized carbons (Fsp3) is 0.550. The van der Waals surface area contributed by atoms with Gasteiger partial charge >= 0.3 is 5.97 Å². The number of amides is 1. The molecule has 0 radical (unpaired) electrons. The average molecular weight is 379 g/mol. The Morgan fingerprint density at radius 2 is 1.89 bits per heavy atom. The molecule has 150 valence electrons. The summed E-state index contributed by atoms with van der Waals surface area (Å²) in [5, 5.41) is 30.2. The Morgan fingerprint density at radius 1 is 1.26 bits per heavy atom. The van der Waals surface area contributed by atoms with Crippen molar-refractivity contribution in [1.82, 2.24) is 4.90 Å². The van der Waals surface area contributed by atoms with E-state index in [9.17, 15) is 29.7 Å². The van der Waals surface area contributed by atoms with E-state index in [0.717, 1.165) is 17.7 Å². The molecule has 0 unspecified atom stereocenters. The van der Waals surface area contributed by atoms with Crippen LogP contribution < -0.4 is 0 Å². The molecule has 1 aliphatic rings. The number of Topliss-reactive ketones (excluding diaryl/α,β-unsaturated/α-hetero) is 1. The Labute approximate surface area is 159 Å². The number of aliphatic hydroxyl groups excluding tert-OH is 1. The number of carbonyl (C=O) groups is 3. The van der Waals surface area contributed by atoms with Crippen LogP contribution in [0.1, 0.15) is 46.5 Å². The van der Waals surface area contributed by atoms with Gasteiger partial charge in [0.1, 0.15) is 11.3 Å². The first-order valence-electron chi connectivity index (χ1n) is 9.15. The summed E-state index contributed by atoms with van der Waals surface area (Å²) >= 11 is 0. The van der Waals surface area contributed by atoms with Crippen molar-refractivity contribution in [3.05, 3.63) is 35.6 Å². The summed E-state index contributed by atoms with van der Waals surface area (Å²) in [6.45, 7) is 5.34. The molecule has 1 fully saturated rings. The summed E-state index contributed by atoms with van der Waals surface area (Å²) in [7, 11) is 1.36. The van der Waals surface area contributed by atoms with E-state index in [-0.39, 0.29) is 5.57 Å². The van der Waals surface area contributed by atoms with Gasteiger partial charge in [-0.3, -0.25) is 9.59 Å². The van der Waals surface area contributed by atoms with Crippen molar-refractivity contribution in [3.8, 4) is 0 Å². The van der Waals surface area contributed by atoms with Crippen LogP contribution in [0.25, 0.3) is 0 Å². The number of carboxylic acids is 1. The molecule has 1 heterocycles. The van der Waals surface area contributed by atoms with Gasteiger partial charge in [-0.1, -0.05) is 51.8 Å². The lowest BCUT2D eigenvalue weighted by molar-refractivity contribution is -0.167. The molecule has 3 atom stereocenters. The second kappa shape index (κ2) is 9.50. The molecule has 1 amide bonds. The zero-order chi connectivity index (χ0) is 20.8. The molecular formula is C20H29NO6. The monoisotopic (exact) mass is 379 g/mol. The Balaban J connectivity index is 3.14. The van der Waals surface area contributed by atoms with E-state index in [1.54, 1.807) is 19.9 Å². The van der Waals surface area contributed by atoms with Crippen LogP contribution in [0.3, 0.4) is 0 Å². The number of likely N-dealkylation sites (N-methyl/N-ethyl adjacent to an activating group) is 1. The number of nitrogens with zero attached hydrogens (tertiary/aromatic N) is 1. The third kappa shape index (κ3) is 4.86. The summed E-state index contributed by atoms with van der Waals surface area (Å²) < 4.78 is 0. The second-order valence-corrected chi connectivity index (χ2v) is 6.88. The minimum absolute atomic E-state index is 0.389. The van der Waals surface area contributed by atoms with Crippen LogP contribution >= 0.6 is 0 Å². The van der Waals surface area contributed by atoms with Gasteiger partial charge in [-0.15, -0.1) is 0 Å². The highest BCUT2D eigenvalue weighted by atomic mass is 16.4. The number of carbonyl (C=O) groups excluding carboxylic acids is 2. The zero-order valence-electron chi connectivity index (χ0n) is 16.3. The van der Waals surface area contributed by atoms with Crippen LogP contribution in [0.4, 0.5) is 0 Å². The number of likely N-dealkylation sites (tertiary alicyclic amines) is 1. The summed E-state index contributed by atoms with van der Waals surface area (Å²) in [5.74, 6) is -3.90. The van der Waals surface area contributed by atoms with Gasteiger partial charge in [0, 0.05) is 13.5 Å². The minimum Gasteiger partial charge on any atom is -0.507 e. The van der Waals surface area contributed by atoms with Crippen LogP contribution in [0.5, 0.6) is 0 Å². The number of carboxylic acid groups (broad SMARTS) is 1. The van der Waals surface area contributed by atoms with E-state index in [0.29, 0.717) is 6.42 Å². The summed E-state index contributed by atoms with van der Waals surface area (Å²) in [5.41, 5.74) is -2.53. The third-order valence-corrected chi connectivity index (χ3v) is 5.07. The second-order valence-electron chi connectivity index (χ2n) is 6.88. The largest absolute Gasteiger partial charge is 0.507 e. The molecule has 7 heteroatoms. The number of hydrogen-bond donors (Lipinski definition) is 3.